The summed E-state index contributed by atoms with van der Waals surface area (Å²) in [6.45, 7) is 5.59. The summed E-state index contributed by atoms with van der Waals surface area (Å²) < 4.78 is 0. The molecule has 2 N–H and O–H groups in total. The van der Waals surface area contributed by atoms with Crippen LogP contribution in [0.15, 0.2) is 12.4 Å². The summed E-state index contributed by atoms with van der Waals surface area (Å²) >= 11 is 1.60. The second-order valence-electron chi connectivity index (χ2n) is 5.52. The third-order valence-electron chi connectivity index (χ3n) is 2.85. The molecule has 19 heavy (non-hydrogen) atoms. The highest BCUT2D eigenvalue weighted by Gasteiger charge is 2.38. The van der Waals surface area contributed by atoms with Crippen LogP contribution in [0.2, 0.25) is 0 Å². The van der Waals surface area contributed by atoms with Crippen molar-refractivity contribution >= 4 is 29.3 Å². The molecule has 0 spiro atoms. The van der Waals surface area contributed by atoms with Gasteiger partial charge in [-0.15, -0.1) is 11.8 Å². The zero-order valence-electron chi connectivity index (χ0n) is 11.3. The van der Waals surface area contributed by atoms with E-state index in [1.54, 1.807) is 22.9 Å². The Morgan fingerprint density at radius 3 is 2.84 bits per heavy atom. The molecule has 6 nitrogen and oxygen atoms in total. The fraction of sp³-hybridized carbons (Fsp3) is 0.583. The van der Waals surface area contributed by atoms with Gasteiger partial charge in [-0.3, -0.25) is 14.7 Å². The molecular weight excluding hydrogens is 264 g/mol. The molecule has 0 bridgehead atoms. The van der Waals surface area contributed by atoms with Gasteiger partial charge in [-0.05, 0) is 0 Å². The predicted octanol–water partition coefficient (Wildman–Crippen LogP) is 1.30. The number of amides is 2. The van der Waals surface area contributed by atoms with Gasteiger partial charge in [0.05, 0.1) is 17.8 Å². The van der Waals surface area contributed by atoms with Crippen LogP contribution in [-0.4, -0.2) is 44.6 Å². The lowest BCUT2D eigenvalue weighted by molar-refractivity contribution is -0.143. The lowest BCUT2D eigenvalue weighted by atomic mass is 9.94. The van der Waals surface area contributed by atoms with Gasteiger partial charge in [0.15, 0.2) is 0 Å². The molecule has 2 amide bonds. The number of carbonyl (C=O) groups is 2. The molecule has 0 aromatic carbocycles. The van der Waals surface area contributed by atoms with Gasteiger partial charge in [0.1, 0.15) is 6.04 Å². The van der Waals surface area contributed by atoms with Gasteiger partial charge in [0.2, 0.25) is 11.8 Å². The van der Waals surface area contributed by atoms with E-state index < -0.39 is 11.5 Å². The van der Waals surface area contributed by atoms with Gasteiger partial charge in [-0.1, -0.05) is 20.8 Å². The van der Waals surface area contributed by atoms with Gasteiger partial charge in [0, 0.05) is 17.4 Å². The highest BCUT2D eigenvalue weighted by Crippen LogP contribution is 2.27. The van der Waals surface area contributed by atoms with Crippen molar-refractivity contribution in [1.82, 2.24) is 15.1 Å². The molecule has 1 aliphatic rings. The number of aromatic amines is 1. The standard InChI is InChI=1S/C12H18N4O2S/c1-12(2,3)11(18)16-7-19-6-9(16)10(17)15-8-4-13-14-5-8/h4-5,9H,6-7H2,1-3H3,(H,13,14)(H,15,17)/t9-/m0/s1. The monoisotopic (exact) mass is 282 g/mol. The third kappa shape index (κ3) is 3.09. The van der Waals surface area contributed by atoms with Crippen LogP contribution in [-0.2, 0) is 9.59 Å². The first-order chi connectivity index (χ1) is 8.89. The van der Waals surface area contributed by atoms with Crippen molar-refractivity contribution in [2.75, 3.05) is 16.9 Å². The topological polar surface area (TPSA) is 78.1 Å². The quantitative estimate of drug-likeness (QED) is 0.857. The first-order valence-electron chi connectivity index (χ1n) is 6.08. The second kappa shape index (κ2) is 5.24. The van der Waals surface area contributed by atoms with Crippen molar-refractivity contribution in [2.45, 2.75) is 26.8 Å². The summed E-state index contributed by atoms with van der Waals surface area (Å²) in [5, 5.41) is 9.16. The van der Waals surface area contributed by atoms with Crippen molar-refractivity contribution < 1.29 is 9.59 Å². The van der Waals surface area contributed by atoms with Crippen LogP contribution in [0.4, 0.5) is 5.69 Å². The Morgan fingerprint density at radius 2 is 2.26 bits per heavy atom. The smallest absolute Gasteiger partial charge is 0.248 e. The number of nitrogens with zero attached hydrogens (tertiary/aromatic N) is 2. The van der Waals surface area contributed by atoms with E-state index in [0.717, 1.165) is 0 Å². The number of aromatic nitrogens is 2. The van der Waals surface area contributed by atoms with Crippen LogP contribution in [0.1, 0.15) is 20.8 Å². The van der Waals surface area contributed by atoms with Crippen molar-refractivity contribution in [3.05, 3.63) is 12.4 Å². The Morgan fingerprint density at radius 1 is 1.53 bits per heavy atom. The molecule has 0 aliphatic carbocycles. The van der Waals surface area contributed by atoms with Gasteiger partial charge in [0.25, 0.3) is 0 Å². The first kappa shape index (κ1) is 13.9. The first-order valence-corrected chi connectivity index (χ1v) is 7.23. The summed E-state index contributed by atoms with van der Waals surface area (Å²) in [6.07, 6.45) is 3.14. The third-order valence-corrected chi connectivity index (χ3v) is 3.87. The van der Waals surface area contributed by atoms with E-state index in [1.807, 2.05) is 20.8 Å². The number of carbonyl (C=O) groups excluding carboxylic acids is 2. The van der Waals surface area contributed by atoms with Crippen LogP contribution in [0.25, 0.3) is 0 Å². The van der Waals surface area contributed by atoms with Crippen LogP contribution in [0.5, 0.6) is 0 Å². The number of rotatable bonds is 2. The summed E-state index contributed by atoms with van der Waals surface area (Å²) in [4.78, 5) is 26.1. The average molecular weight is 282 g/mol. The molecule has 0 unspecified atom stereocenters. The van der Waals surface area contributed by atoms with Crippen molar-refractivity contribution in [3.8, 4) is 0 Å². The van der Waals surface area contributed by atoms with Gasteiger partial charge < -0.3 is 10.2 Å². The second-order valence-corrected chi connectivity index (χ2v) is 6.52. The van der Waals surface area contributed by atoms with E-state index in [1.165, 1.54) is 6.20 Å². The Bertz CT molecular complexity index is 467. The Labute approximate surface area is 116 Å². The molecule has 0 saturated carbocycles. The molecule has 1 atom stereocenters. The molecule has 1 aromatic rings. The summed E-state index contributed by atoms with van der Waals surface area (Å²) in [6, 6.07) is -0.411. The average Bonchev–Trinajstić information content (AvgIpc) is 2.96. The Hall–Kier alpha value is -1.50. The van der Waals surface area contributed by atoms with E-state index in [-0.39, 0.29) is 11.8 Å². The van der Waals surface area contributed by atoms with E-state index in [4.69, 9.17) is 0 Å². The van der Waals surface area contributed by atoms with E-state index in [2.05, 4.69) is 15.5 Å². The Kier molecular flexibility index (Phi) is 3.84. The van der Waals surface area contributed by atoms with E-state index in [0.29, 0.717) is 17.3 Å². The maximum absolute atomic E-state index is 12.3. The summed E-state index contributed by atoms with van der Waals surface area (Å²) in [7, 11) is 0. The minimum absolute atomic E-state index is 0.00448. The van der Waals surface area contributed by atoms with Crippen molar-refractivity contribution in [1.29, 1.82) is 0 Å². The van der Waals surface area contributed by atoms with Crippen LogP contribution in [0.3, 0.4) is 0 Å². The molecule has 2 rings (SSSR count). The van der Waals surface area contributed by atoms with Crippen LogP contribution >= 0.6 is 11.8 Å². The van der Waals surface area contributed by atoms with Crippen LogP contribution < -0.4 is 5.32 Å². The lowest BCUT2D eigenvalue weighted by Gasteiger charge is -2.29. The normalized spacial score (nSPS) is 19.5. The number of hydrogen-bond donors (Lipinski definition) is 2. The fourth-order valence-corrected chi connectivity index (χ4v) is 2.99. The van der Waals surface area contributed by atoms with Crippen LogP contribution in [0, 0.1) is 5.41 Å². The molecule has 1 aromatic heterocycles. The molecule has 7 heteroatoms. The van der Waals surface area contributed by atoms with Gasteiger partial charge >= 0.3 is 0 Å². The highest BCUT2D eigenvalue weighted by molar-refractivity contribution is 7.99. The van der Waals surface area contributed by atoms with Gasteiger partial charge in [-0.2, -0.15) is 5.10 Å². The SMILES string of the molecule is CC(C)(C)C(=O)N1CSC[C@H]1C(=O)Nc1cn[nH]c1. The number of H-pyrrole nitrogens is 1. The maximum atomic E-state index is 12.3. The summed E-state index contributed by atoms with van der Waals surface area (Å²) in [5.74, 6) is 1.04. The number of nitrogens with one attached hydrogen (secondary N) is 2. The highest BCUT2D eigenvalue weighted by atomic mass is 32.2. The van der Waals surface area contributed by atoms with E-state index in [9.17, 15) is 9.59 Å². The predicted molar refractivity (Wildman–Crippen MR) is 74.6 cm³/mol. The molecule has 0 radical (unpaired) electrons. The summed E-state index contributed by atoms with van der Waals surface area (Å²) in [5.41, 5.74) is 0.143. The van der Waals surface area contributed by atoms with E-state index >= 15 is 0 Å². The molecule has 1 fully saturated rings. The fourth-order valence-electron chi connectivity index (χ4n) is 1.84. The van der Waals surface area contributed by atoms with Crippen molar-refractivity contribution in [2.24, 2.45) is 5.41 Å². The van der Waals surface area contributed by atoms with Gasteiger partial charge in [-0.25, -0.2) is 0 Å². The lowest BCUT2D eigenvalue weighted by Crippen LogP contribution is -2.48. The molecular formula is C12H18N4O2S. The molecule has 2 heterocycles. The number of thioether (sulfide) groups is 1. The largest absolute Gasteiger partial charge is 0.322 e. The zero-order valence-corrected chi connectivity index (χ0v) is 12.1. The minimum Gasteiger partial charge on any atom is -0.322 e. The minimum atomic E-state index is -0.473. The molecule has 1 saturated heterocycles. The maximum Gasteiger partial charge on any atom is 0.248 e. The number of anilines is 1. The molecule has 104 valence electrons. The Balaban J connectivity index is 2.06. The van der Waals surface area contributed by atoms with Crippen molar-refractivity contribution in [3.63, 3.8) is 0 Å². The zero-order chi connectivity index (χ0) is 14.0. The number of hydrogen-bond acceptors (Lipinski definition) is 4. The molecule has 1 aliphatic heterocycles.